The number of anilines is 1. The lowest BCUT2D eigenvalue weighted by Gasteiger charge is -2.10. The second-order valence-electron chi connectivity index (χ2n) is 4.34. The minimum absolute atomic E-state index is 0.0675. The maximum Gasteiger partial charge on any atom is 0.305 e. The predicted octanol–water partition coefficient (Wildman–Crippen LogP) is 0.864. The largest absolute Gasteiger partial charge is 0.481 e. The van der Waals surface area contributed by atoms with E-state index in [9.17, 15) is 14.4 Å². The molecule has 1 unspecified atom stereocenters. The van der Waals surface area contributed by atoms with Crippen molar-refractivity contribution in [2.24, 2.45) is 0 Å². The van der Waals surface area contributed by atoms with Crippen LogP contribution in [0.1, 0.15) is 23.7 Å². The molecule has 1 rings (SSSR count). The Kier molecular flexibility index (Phi) is 6.35. The molecule has 1 atom stereocenters. The molecule has 1 aromatic carbocycles. The number of ether oxygens (including phenoxy) is 1. The van der Waals surface area contributed by atoms with Gasteiger partial charge in [-0.3, -0.25) is 14.4 Å². The molecule has 0 fully saturated rings. The van der Waals surface area contributed by atoms with Crippen LogP contribution in [0.25, 0.3) is 0 Å². The highest BCUT2D eigenvalue weighted by molar-refractivity contribution is 5.96. The molecule has 2 amide bonds. The van der Waals surface area contributed by atoms with Gasteiger partial charge in [-0.1, -0.05) is 0 Å². The summed E-state index contributed by atoms with van der Waals surface area (Å²) in [6.07, 6.45) is -0.696. The Hall–Kier alpha value is -2.41. The minimum atomic E-state index is -0.972. The topological polar surface area (TPSA) is 105 Å². The van der Waals surface area contributed by atoms with E-state index >= 15 is 0 Å². The van der Waals surface area contributed by atoms with Crippen molar-refractivity contribution in [3.63, 3.8) is 0 Å². The summed E-state index contributed by atoms with van der Waals surface area (Å²) < 4.78 is 4.89. The summed E-state index contributed by atoms with van der Waals surface area (Å²) in [5.74, 6) is -1.61. The quantitative estimate of drug-likeness (QED) is 0.692. The summed E-state index contributed by atoms with van der Waals surface area (Å²) in [6.45, 7) is 1.69. The SMILES string of the molecule is COC(C)C(=O)Nc1ccc(C(=O)NCCC(=O)O)cc1. The summed E-state index contributed by atoms with van der Waals surface area (Å²) in [5.41, 5.74) is 0.934. The molecule has 1 aromatic rings. The van der Waals surface area contributed by atoms with Crippen molar-refractivity contribution in [2.75, 3.05) is 19.0 Å². The van der Waals surface area contributed by atoms with Gasteiger partial charge in [0.25, 0.3) is 11.8 Å². The Morgan fingerprint density at radius 2 is 1.86 bits per heavy atom. The van der Waals surface area contributed by atoms with E-state index in [1.807, 2.05) is 0 Å². The number of carbonyl (C=O) groups is 3. The third-order valence-electron chi connectivity index (χ3n) is 2.76. The number of aliphatic carboxylic acids is 1. The number of methoxy groups -OCH3 is 1. The fraction of sp³-hybridized carbons (Fsp3) is 0.357. The van der Waals surface area contributed by atoms with Gasteiger partial charge in [-0.05, 0) is 31.2 Å². The van der Waals surface area contributed by atoms with E-state index in [1.54, 1.807) is 31.2 Å². The molecule has 0 saturated heterocycles. The number of carbonyl (C=O) groups excluding carboxylic acids is 2. The zero-order valence-electron chi connectivity index (χ0n) is 11.9. The van der Waals surface area contributed by atoms with E-state index < -0.39 is 12.1 Å². The first-order chi connectivity index (χ1) is 9.93. The van der Waals surface area contributed by atoms with Gasteiger partial charge >= 0.3 is 5.97 Å². The van der Waals surface area contributed by atoms with Crippen LogP contribution < -0.4 is 10.6 Å². The second kappa shape index (κ2) is 8.01. The molecule has 0 radical (unpaired) electrons. The summed E-state index contributed by atoms with van der Waals surface area (Å²) in [6, 6.07) is 6.27. The lowest BCUT2D eigenvalue weighted by Crippen LogP contribution is -2.27. The van der Waals surface area contributed by atoms with Gasteiger partial charge in [0.1, 0.15) is 6.10 Å². The Balaban J connectivity index is 2.55. The van der Waals surface area contributed by atoms with Crippen molar-refractivity contribution in [1.29, 1.82) is 0 Å². The highest BCUT2D eigenvalue weighted by atomic mass is 16.5. The first-order valence-electron chi connectivity index (χ1n) is 6.37. The molecule has 0 saturated carbocycles. The van der Waals surface area contributed by atoms with E-state index in [1.165, 1.54) is 7.11 Å². The summed E-state index contributed by atoms with van der Waals surface area (Å²) in [5, 5.41) is 13.6. The number of hydrogen-bond acceptors (Lipinski definition) is 4. The number of benzene rings is 1. The van der Waals surface area contributed by atoms with E-state index in [0.717, 1.165) is 0 Å². The van der Waals surface area contributed by atoms with E-state index in [-0.39, 0.29) is 24.8 Å². The second-order valence-corrected chi connectivity index (χ2v) is 4.34. The van der Waals surface area contributed by atoms with Crippen molar-refractivity contribution in [2.45, 2.75) is 19.4 Å². The molecule has 21 heavy (non-hydrogen) atoms. The number of amides is 2. The molecule has 0 aliphatic carbocycles. The fourth-order valence-electron chi connectivity index (χ4n) is 1.44. The molecular weight excluding hydrogens is 276 g/mol. The first-order valence-corrected chi connectivity index (χ1v) is 6.37. The average Bonchev–Trinajstić information content (AvgIpc) is 2.46. The Labute approximate surface area is 122 Å². The third-order valence-corrected chi connectivity index (χ3v) is 2.76. The Morgan fingerprint density at radius 3 is 2.38 bits per heavy atom. The molecule has 3 N–H and O–H groups in total. The van der Waals surface area contributed by atoms with Crippen LogP contribution in [0.2, 0.25) is 0 Å². The highest BCUT2D eigenvalue weighted by Crippen LogP contribution is 2.10. The van der Waals surface area contributed by atoms with Gasteiger partial charge in [-0.2, -0.15) is 0 Å². The van der Waals surface area contributed by atoms with Gasteiger partial charge < -0.3 is 20.5 Å². The Morgan fingerprint density at radius 1 is 1.24 bits per heavy atom. The zero-order chi connectivity index (χ0) is 15.8. The fourth-order valence-corrected chi connectivity index (χ4v) is 1.44. The number of carboxylic acid groups (broad SMARTS) is 1. The van der Waals surface area contributed by atoms with Crippen LogP contribution in [0, 0.1) is 0 Å². The molecule has 0 aromatic heterocycles. The van der Waals surface area contributed by atoms with Crippen molar-refractivity contribution >= 4 is 23.5 Å². The highest BCUT2D eigenvalue weighted by Gasteiger charge is 2.12. The molecule has 7 heteroatoms. The summed E-state index contributed by atoms with van der Waals surface area (Å²) in [7, 11) is 1.44. The van der Waals surface area contributed by atoms with Crippen molar-refractivity contribution in [3.05, 3.63) is 29.8 Å². The van der Waals surface area contributed by atoms with Crippen LogP contribution in [0.3, 0.4) is 0 Å². The normalized spacial score (nSPS) is 11.5. The maximum absolute atomic E-state index is 11.7. The molecule has 0 heterocycles. The van der Waals surface area contributed by atoms with Gasteiger partial charge in [-0.25, -0.2) is 0 Å². The molecule has 7 nitrogen and oxygen atoms in total. The summed E-state index contributed by atoms with van der Waals surface area (Å²) >= 11 is 0. The van der Waals surface area contributed by atoms with Crippen LogP contribution in [0.15, 0.2) is 24.3 Å². The smallest absolute Gasteiger partial charge is 0.305 e. The molecular formula is C14H18N2O5. The van der Waals surface area contributed by atoms with Crippen molar-refractivity contribution < 1.29 is 24.2 Å². The number of hydrogen-bond donors (Lipinski definition) is 3. The van der Waals surface area contributed by atoms with Gasteiger partial charge in [0.05, 0.1) is 6.42 Å². The van der Waals surface area contributed by atoms with E-state index in [2.05, 4.69) is 10.6 Å². The first kappa shape index (κ1) is 16.6. The predicted molar refractivity (Wildman–Crippen MR) is 76.1 cm³/mol. The zero-order valence-corrected chi connectivity index (χ0v) is 11.9. The monoisotopic (exact) mass is 294 g/mol. The van der Waals surface area contributed by atoms with Crippen LogP contribution in [-0.4, -0.2) is 42.6 Å². The maximum atomic E-state index is 11.7. The van der Waals surface area contributed by atoms with Crippen LogP contribution in [0.5, 0.6) is 0 Å². The van der Waals surface area contributed by atoms with Gasteiger partial charge in [0.15, 0.2) is 0 Å². The molecule has 0 spiro atoms. The van der Waals surface area contributed by atoms with Gasteiger partial charge in [0, 0.05) is 24.9 Å². The number of rotatable bonds is 7. The molecule has 0 aliphatic rings. The standard InChI is InChI=1S/C14H18N2O5/c1-9(21-2)13(19)16-11-5-3-10(4-6-11)14(20)15-8-7-12(17)18/h3-6,9H,7-8H2,1-2H3,(H,15,20)(H,16,19)(H,17,18). The Bertz CT molecular complexity index is 513. The van der Waals surface area contributed by atoms with Crippen LogP contribution in [0.4, 0.5) is 5.69 Å². The third kappa shape index (κ3) is 5.62. The lowest BCUT2D eigenvalue weighted by atomic mass is 10.2. The molecule has 0 aliphatic heterocycles. The van der Waals surface area contributed by atoms with Gasteiger partial charge in [-0.15, -0.1) is 0 Å². The molecule has 114 valence electrons. The van der Waals surface area contributed by atoms with Crippen LogP contribution >= 0.6 is 0 Å². The van der Waals surface area contributed by atoms with E-state index in [0.29, 0.717) is 11.3 Å². The average molecular weight is 294 g/mol. The number of carboxylic acids is 1. The lowest BCUT2D eigenvalue weighted by molar-refractivity contribution is -0.136. The van der Waals surface area contributed by atoms with Crippen molar-refractivity contribution in [3.8, 4) is 0 Å². The minimum Gasteiger partial charge on any atom is -0.481 e. The molecule has 0 bridgehead atoms. The van der Waals surface area contributed by atoms with Crippen molar-refractivity contribution in [1.82, 2.24) is 5.32 Å². The number of nitrogens with one attached hydrogen (secondary N) is 2. The van der Waals surface area contributed by atoms with E-state index in [4.69, 9.17) is 9.84 Å². The van der Waals surface area contributed by atoms with Crippen LogP contribution in [-0.2, 0) is 14.3 Å². The van der Waals surface area contributed by atoms with Gasteiger partial charge in [0.2, 0.25) is 0 Å². The summed E-state index contributed by atoms with van der Waals surface area (Å²) in [4.78, 5) is 33.6.